The summed E-state index contributed by atoms with van der Waals surface area (Å²) in [6.45, 7) is 10.1. The van der Waals surface area contributed by atoms with Crippen LogP contribution in [0.2, 0.25) is 0 Å². The lowest BCUT2D eigenvalue weighted by Crippen LogP contribution is -2.66. The minimum Gasteiger partial charge on any atom is -0.312 e. The normalized spacial score (nSPS) is 46.1. The third kappa shape index (κ3) is 2.89. The Bertz CT molecular complexity index is 350. The van der Waals surface area contributed by atoms with E-state index < -0.39 is 0 Å². The van der Waals surface area contributed by atoms with E-state index in [4.69, 9.17) is 0 Å². The van der Waals surface area contributed by atoms with Gasteiger partial charge in [-0.1, -0.05) is 13.3 Å². The SMILES string of the molecule is CCCNC(CC1CC2CCC1C2)C1CN2CCN1CC2. The molecule has 5 aliphatic rings. The van der Waals surface area contributed by atoms with Crippen molar-refractivity contribution in [1.29, 1.82) is 0 Å². The summed E-state index contributed by atoms with van der Waals surface area (Å²) >= 11 is 0. The highest BCUT2D eigenvalue weighted by atomic mass is 15.4. The van der Waals surface area contributed by atoms with Gasteiger partial charge in [-0.15, -0.1) is 0 Å². The van der Waals surface area contributed by atoms with Gasteiger partial charge in [-0.2, -0.15) is 0 Å². The molecule has 3 nitrogen and oxygen atoms in total. The molecule has 5 unspecified atom stereocenters. The summed E-state index contributed by atoms with van der Waals surface area (Å²) in [7, 11) is 0. The summed E-state index contributed by atoms with van der Waals surface area (Å²) in [4.78, 5) is 5.49. The molecule has 3 heteroatoms. The van der Waals surface area contributed by atoms with Crippen LogP contribution < -0.4 is 5.32 Å². The highest BCUT2D eigenvalue weighted by Gasteiger charge is 2.43. The molecule has 0 aromatic rings. The van der Waals surface area contributed by atoms with Crippen molar-refractivity contribution in [3.05, 3.63) is 0 Å². The van der Waals surface area contributed by atoms with Crippen molar-refractivity contribution < 1.29 is 0 Å². The second-order valence-electron chi connectivity index (χ2n) is 8.14. The van der Waals surface area contributed by atoms with Crippen molar-refractivity contribution >= 4 is 0 Å². The molecule has 2 saturated carbocycles. The first-order chi connectivity index (χ1) is 10.3. The second kappa shape index (κ2) is 6.17. The zero-order valence-electron chi connectivity index (χ0n) is 13.8. The largest absolute Gasteiger partial charge is 0.312 e. The molecule has 120 valence electrons. The quantitative estimate of drug-likeness (QED) is 0.809. The summed E-state index contributed by atoms with van der Waals surface area (Å²) in [6.07, 6.45) is 8.91. The van der Waals surface area contributed by atoms with Gasteiger partial charge in [0, 0.05) is 44.8 Å². The van der Waals surface area contributed by atoms with Crippen LogP contribution in [0.4, 0.5) is 0 Å². The fraction of sp³-hybridized carbons (Fsp3) is 1.00. The Kier molecular flexibility index (Phi) is 4.25. The van der Waals surface area contributed by atoms with Crippen molar-refractivity contribution in [1.82, 2.24) is 15.1 Å². The lowest BCUT2D eigenvalue weighted by molar-refractivity contribution is -0.00823. The van der Waals surface area contributed by atoms with Gasteiger partial charge in [0.15, 0.2) is 0 Å². The summed E-state index contributed by atoms with van der Waals surface area (Å²) < 4.78 is 0. The molecule has 0 amide bonds. The van der Waals surface area contributed by atoms with Crippen molar-refractivity contribution in [3.8, 4) is 0 Å². The average Bonchev–Trinajstić information content (AvgIpc) is 3.15. The van der Waals surface area contributed by atoms with Crippen LogP contribution in [0.25, 0.3) is 0 Å². The summed E-state index contributed by atoms with van der Waals surface area (Å²) in [5.41, 5.74) is 0. The molecule has 3 aliphatic heterocycles. The molecule has 3 saturated heterocycles. The zero-order valence-corrected chi connectivity index (χ0v) is 13.8. The van der Waals surface area contributed by atoms with Crippen LogP contribution in [0.15, 0.2) is 0 Å². The number of hydrogen-bond acceptors (Lipinski definition) is 3. The van der Waals surface area contributed by atoms with E-state index in [1.807, 2.05) is 0 Å². The van der Waals surface area contributed by atoms with Crippen molar-refractivity contribution in [2.24, 2.45) is 17.8 Å². The van der Waals surface area contributed by atoms with E-state index >= 15 is 0 Å². The molecular weight excluding hydrogens is 258 g/mol. The standard InChI is InChI=1S/C18H33N3/c1-2-5-19-17(12-16-11-14-3-4-15(16)10-14)18-13-20-6-8-21(18)9-7-20/h14-19H,2-13H2,1H3. The zero-order chi connectivity index (χ0) is 14.2. The lowest BCUT2D eigenvalue weighted by Gasteiger charge is -2.51. The fourth-order valence-corrected chi connectivity index (χ4v) is 5.74. The number of nitrogens with zero attached hydrogens (tertiary/aromatic N) is 2. The Hall–Kier alpha value is -0.120. The fourth-order valence-electron chi connectivity index (χ4n) is 5.74. The first-order valence-electron chi connectivity index (χ1n) is 9.53. The second-order valence-corrected chi connectivity index (χ2v) is 8.14. The Morgan fingerprint density at radius 3 is 2.52 bits per heavy atom. The number of fused-ring (bicyclic) bond motifs is 5. The smallest absolute Gasteiger partial charge is 0.0377 e. The molecule has 5 atom stereocenters. The van der Waals surface area contributed by atoms with Crippen LogP contribution in [0.1, 0.15) is 45.4 Å². The van der Waals surface area contributed by atoms with Gasteiger partial charge in [-0.3, -0.25) is 9.80 Å². The van der Waals surface area contributed by atoms with Gasteiger partial charge in [0.25, 0.3) is 0 Å². The Labute approximate surface area is 130 Å². The predicted octanol–water partition coefficient (Wildman–Crippen LogP) is 2.18. The third-order valence-corrected chi connectivity index (χ3v) is 6.88. The van der Waals surface area contributed by atoms with Crippen LogP contribution >= 0.6 is 0 Å². The Morgan fingerprint density at radius 1 is 1.10 bits per heavy atom. The van der Waals surface area contributed by atoms with Gasteiger partial charge in [0.05, 0.1) is 0 Å². The maximum atomic E-state index is 3.94. The van der Waals surface area contributed by atoms with E-state index in [-0.39, 0.29) is 0 Å². The van der Waals surface area contributed by atoms with Gasteiger partial charge in [-0.25, -0.2) is 0 Å². The average molecular weight is 291 g/mol. The van der Waals surface area contributed by atoms with Gasteiger partial charge in [-0.05, 0) is 56.4 Å². The topological polar surface area (TPSA) is 18.5 Å². The molecule has 0 spiro atoms. The van der Waals surface area contributed by atoms with Crippen LogP contribution in [0, 0.1) is 17.8 Å². The molecule has 4 bridgehead atoms. The number of hydrogen-bond donors (Lipinski definition) is 1. The summed E-state index contributed by atoms with van der Waals surface area (Å²) in [5, 5.41) is 3.94. The number of rotatable bonds is 6. The molecule has 5 rings (SSSR count). The monoisotopic (exact) mass is 291 g/mol. The van der Waals surface area contributed by atoms with Crippen molar-refractivity contribution in [3.63, 3.8) is 0 Å². The first-order valence-corrected chi connectivity index (χ1v) is 9.53. The number of piperazine rings is 3. The van der Waals surface area contributed by atoms with E-state index in [0.717, 1.165) is 29.8 Å². The van der Waals surface area contributed by atoms with E-state index in [1.165, 1.54) is 65.0 Å². The van der Waals surface area contributed by atoms with Gasteiger partial charge in [0.1, 0.15) is 0 Å². The van der Waals surface area contributed by atoms with E-state index in [9.17, 15) is 0 Å². The molecule has 1 N–H and O–H groups in total. The molecule has 5 fully saturated rings. The van der Waals surface area contributed by atoms with Crippen LogP contribution in [-0.2, 0) is 0 Å². The molecule has 3 heterocycles. The lowest BCUT2D eigenvalue weighted by atomic mass is 9.81. The first kappa shape index (κ1) is 14.5. The van der Waals surface area contributed by atoms with Crippen LogP contribution in [0.3, 0.4) is 0 Å². The maximum Gasteiger partial charge on any atom is 0.0377 e. The number of nitrogens with one attached hydrogen (secondary N) is 1. The van der Waals surface area contributed by atoms with Gasteiger partial charge >= 0.3 is 0 Å². The minimum absolute atomic E-state index is 0.748. The van der Waals surface area contributed by atoms with Crippen molar-refractivity contribution in [2.45, 2.75) is 57.5 Å². The van der Waals surface area contributed by atoms with Crippen LogP contribution in [-0.4, -0.2) is 61.2 Å². The molecule has 0 aromatic carbocycles. The van der Waals surface area contributed by atoms with E-state index in [1.54, 1.807) is 12.8 Å². The summed E-state index contributed by atoms with van der Waals surface area (Å²) in [6, 6.07) is 1.54. The Balaban J connectivity index is 1.41. The maximum absolute atomic E-state index is 3.94. The molecule has 0 radical (unpaired) electrons. The Morgan fingerprint density at radius 2 is 1.95 bits per heavy atom. The van der Waals surface area contributed by atoms with E-state index in [2.05, 4.69) is 22.0 Å². The minimum atomic E-state index is 0.748. The van der Waals surface area contributed by atoms with E-state index in [0.29, 0.717) is 0 Å². The van der Waals surface area contributed by atoms with Gasteiger partial charge in [0.2, 0.25) is 0 Å². The predicted molar refractivity (Wildman–Crippen MR) is 87.4 cm³/mol. The molecule has 21 heavy (non-hydrogen) atoms. The van der Waals surface area contributed by atoms with Gasteiger partial charge < -0.3 is 5.32 Å². The highest BCUT2D eigenvalue weighted by Crippen LogP contribution is 2.50. The molecule has 0 aromatic heterocycles. The van der Waals surface area contributed by atoms with Crippen LogP contribution in [0.5, 0.6) is 0 Å². The molecular formula is C18H33N3. The highest BCUT2D eigenvalue weighted by molar-refractivity contribution is 4.98. The third-order valence-electron chi connectivity index (χ3n) is 6.88. The summed E-state index contributed by atoms with van der Waals surface area (Å²) in [5.74, 6) is 3.21. The van der Waals surface area contributed by atoms with Crippen molar-refractivity contribution in [2.75, 3.05) is 39.3 Å². The molecule has 2 aliphatic carbocycles.